The molecule has 6 heteroatoms. The van der Waals surface area contributed by atoms with Gasteiger partial charge in [0.05, 0.1) is 5.41 Å². The van der Waals surface area contributed by atoms with Crippen LogP contribution in [0.4, 0.5) is 0 Å². The highest BCUT2D eigenvalue weighted by molar-refractivity contribution is 5.85. The van der Waals surface area contributed by atoms with Crippen LogP contribution in [-0.2, 0) is 9.59 Å². The molecule has 0 aromatic rings. The molecule has 2 atom stereocenters. The number of nitrogens with zero attached hydrogens (tertiary/aromatic N) is 2. The zero-order valence-electron chi connectivity index (χ0n) is 15.9. The summed E-state index contributed by atoms with van der Waals surface area (Å²) in [7, 11) is 0. The molecule has 148 valence electrons. The van der Waals surface area contributed by atoms with E-state index in [1.165, 1.54) is 19.3 Å². The van der Waals surface area contributed by atoms with Crippen molar-refractivity contribution in [2.24, 2.45) is 17.3 Å². The average molecular weight is 384 g/mol. The number of rotatable bonds is 3. The lowest BCUT2D eigenvalue weighted by atomic mass is 9.67. The Morgan fingerprint density at radius 3 is 2.65 bits per heavy atom. The molecule has 0 unspecified atom stereocenters. The van der Waals surface area contributed by atoms with E-state index in [0.717, 1.165) is 77.8 Å². The molecule has 4 rings (SSSR count). The molecule has 3 aliphatic heterocycles. The van der Waals surface area contributed by atoms with Crippen molar-refractivity contribution in [2.45, 2.75) is 57.8 Å². The minimum atomic E-state index is -0.103. The largest absolute Gasteiger partial charge is 0.342 e. The van der Waals surface area contributed by atoms with Gasteiger partial charge in [-0.25, -0.2) is 0 Å². The van der Waals surface area contributed by atoms with Crippen LogP contribution in [0, 0.1) is 17.3 Å². The molecule has 0 aromatic heterocycles. The number of fused-ring (bicyclic) bond motifs is 1. The number of carbonyl (C=O) groups excluding carboxylic acids is 2. The van der Waals surface area contributed by atoms with Crippen LogP contribution in [-0.4, -0.2) is 60.9 Å². The number of hydrogen-bond acceptors (Lipinski definition) is 3. The van der Waals surface area contributed by atoms with Crippen LogP contribution in [0.25, 0.3) is 0 Å². The summed E-state index contributed by atoms with van der Waals surface area (Å²) < 4.78 is 0. The summed E-state index contributed by atoms with van der Waals surface area (Å²) in [6, 6.07) is 0. The highest BCUT2D eigenvalue weighted by atomic mass is 35.5. The van der Waals surface area contributed by atoms with Crippen molar-refractivity contribution in [2.75, 3.05) is 39.3 Å². The van der Waals surface area contributed by atoms with E-state index in [2.05, 4.69) is 15.1 Å². The Morgan fingerprint density at radius 1 is 1.08 bits per heavy atom. The summed E-state index contributed by atoms with van der Waals surface area (Å²) in [5.41, 5.74) is -0.103. The number of piperidine rings is 2. The molecule has 2 amide bonds. The van der Waals surface area contributed by atoms with Crippen molar-refractivity contribution >= 4 is 24.2 Å². The predicted octanol–water partition coefficient (Wildman–Crippen LogP) is 2.44. The maximum atomic E-state index is 13.3. The fourth-order valence-electron chi connectivity index (χ4n) is 5.67. The maximum Gasteiger partial charge on any atom is 0.230 e. The van der Waals surface area contributed by atoms with Gasteiger partial charge in [0.15, 0.2) is 0 Å². The van der Waals surface area contributed by atoms with Gasteiger partial charge in [0.1, 0.15) is 0 Å². The van der Waals surface area contributed by atoms with Gasteiger partial charge in [-0.3, -0.25) is 9.59 Å². The molecule has 1 N–H and O–H groups in total. The Balaban J connectivity index is 0.00000196. The molecule has 4 fully saturated rings. The predicted molar refractivity (Wildman–Crippen MR) is 104 cm³/mol. The Hall–Kier alpha value is -0.810. The summed E-state index contributed by atoms with van der Waals surface area (Å²) >= 11 is 0. The van der Waals surface area contributed by atoms with E-state index >= 15 is 0 Å². The average Bonchev–Trinajstić information content (AvgIpc) is 3.09. The van der Waals surface area contributed by atoms with Crippen LogP contribution in [0.15, 0.2) is 0 Å². The number of halogens is 1. The summed E-state index contributed by atoms with van der Waals surface area (Å²) in [4.78, 5) is 29.6. The first-order valence-electron chi connectivity index (χ1n) is 10.5. The number of amides is 2. The lowest BCUT2D eigenvalue weighted by Gasteiger charge is -2.43. The van der Waals surface area contributed by atoms with Gasteiger partial charge in [0.25, 0.3) is 0 Å². The number of nitrogens with one attached hydrogen (secondary N) is 1. The van der Waals surface area contributed by atoms with Gasteiger partial charge in [-0.15, -0.1) is 12.4 Å². The lowest BCUT2D eigenvalue weighted by Crippen LogP contribution is -2.52. The minimum Gasteiger partial charge on any atom is -0.342 e. The maximum absolute atomic E-state index is 13.3. The Bertz CT molecular complexity index is 521. The van der Waals surface area contributed by atoms with Crippen molar-refractivity contribution in [1.82, 2.24) is 15.1 Å². The Morgan fingerprint density at radius 2 is 1.88 bits per heavy atom. The van der Waals surface area contributed by atoms with Crippen molar-refractivity contribution in [3.05, 3.63) is 0 Å². The van der Waals surface area contributed by atoms with Crippen molar-refractivity contribution < 1.29 is 9.59 Å². The first-order chi connectivity index (χ1) is 12.2. The van der Waals surface area contributed by atoms with Gasteiger partial charge in [-0.2, -0.15) is 0 Å². The second kappa shape index (κ2) is 8.47. The molecule has 1 aliphatic carbocycles. The van der Waals surface area contributed by atoms with E-state index in [1.807, 2.05) is 0 Å². The highest BCUT2D eigenvalue weighted by Gasteiger charge is 2.51. The molecule has 0 radical (unpaired) electrons. The third kappa shape index (κ3) is 3.75. The number of likely N-dealkylation sites (tertiary alicyclic amines) is 2. The highest BCUT2D eigenvalue weighted by Crippen LogP contribution is 2.45. The van der Waals surface area contributed by atoms with E-state index < -0.39 is 0 Å². The Labute approximate surface area is 163 Å². The molecule has 0 spiro atoms. The molecule has 0 bridgehead atoms. The fraction of sp³-hybridized carbons (Fsp3) is 0.900. The van der Waals surface area contributed by atoms with Gasteiger partial charge in [0.2, 0.25) is 11.8 Å². The molecule has 3 heterocycles. The van der Waals surface area contributed by atoms with Crippen molar-refractivity contribution in [3.63, 3.8) is 0 Å². The fourth-order valence-corrected chi connectivity index (χ4v) is 5.67. The summed E-state index contributed by atoms with van der Waals surface area (Å²) in [6.07, 6.45) is 9.84. The molecule has 0 aromatic carbocycles. The van der Waals surface area contributed by atoms with Gasteiger partial charge < -0.3 is 15.1 Å². The van der Waals surface area contributed by atoms with E-state index in [4.69, 9.17) is 0 Å². The molecular formula is C20H34ClN3O2. The van der Waals surface area contributed by atoms with Crippen LogP contribution < -0.4 is 5.32 Å². The smallest absolute Gasteiger partial charge is 0.230 e. The topological polar surface area (TPSA) is 52.7 Å². The summed E-state index contributed by atoms with van der Waals surface area (Å²) in [5.74, 6) is 1.89. The van der Waals surface area contributed by atoms with Crippen molar-refractivity contribution in [3.8, 4) is 0 Å². The molecule has 26 heavy (non-hydrogen) atoms. The minimum absolute atomic E-state index is 0. The lowest BCUT2D eigenvalue weighted by molar-refractivity contribution is -0.147. The second-order valence-corrected chi connectivity index (χ2v) is 8.76. The van der Waals surface area contributed by atoms with E-state index in [-0.39, 0.29) is 17.8 Å². The molecular weight excluding hydrogens is 350 g/mol. The van der Waals surface area contributed by atoms with Crippen LogP contribution in [0.5, 0.6) is 0 Å². The van der Waals surface area contributed by atoms with Crippen LogP contribution in [0.1, 0.15) is 57.8 Å². The van der Waals surface area contributed by atoms with Gasteiger partial charge in [-0.05, 0) is 56.9 Å². The molecule has 3 saturated heterocycles. The third-order valence-electron chi connectivity index (χ3n) is 7.27. The van der Waals surface area contributed by atoms with E-state index in [9.17, 15) is 9.59 Å². The summed E-state index contributed by atoms with van der Waals surface area (Å²) in [5, 5.41) is 3.50. The zero-order chi connectivity index (χ0) is 17.3. The first-order valence-corrected chi connectivity index (χ1v) is 10.5. The number of carbonyl (C=O) groups is 2. The second-order valence-electron chi connectivity index (χ2n) is 8.76. The Kier molecular flexibility index (Phi) is 6.50. The van der Waals surface area contributed by atoms with Crippen LogP contribution in [0.2, 0.25) is 0 Å². The quantitative estimate of drug-likeness (QED) is 0.814. The molecule has 1 saturated carbocycles. The van der Waals surface area contributed by atoms with E-state index in [0.29, 0.717) is 23.7 Å². The normalized spacial score (nSPS) is 32.9. The van der Waals surface area contributed by atoms with Gasteiger partial charge >= 0.3 is 0 Å². The van der Waals surface area contributed by atoms with Gasteiger partial charge in [0, 0.05) is 39.1 Å². The first kappa shape index (κ1) is 19.9. The zero-order valence-corrected chi connectivity index (χ0v) is 16.7. The van der Waals surface area contributed by atoms with Crippen LogP contribution >= 0.6 is 12.4 Å². The third-order valence-corrected chi connectivity index (χ3v) is 7.27. The van der Waals surface area contributed by atoms with Gasteiger partial charge in [-0.1, -0.05) is 12.8 Å². The summed E-state index contributed by atoms with van der Waals surface area (Å²) in [6.45, 7) is 5.54. The van der Waals surface area contributed by atoms with Crippen molar-refractivity contribution in [1.29, 1.82) is 0 Å². The number of hydrogen-bond donors (Lipinski definition) is 1. The molecule has 4 aliphatic rings. The van der Waals surface area contributed by atoms with Crippen LogP contribution in [0.3, 0.4) is 0 Å². The monoisotopic (exact) mass is 383 g/mol. The van der Waals surface area contributed by atoms with E-state index in [1.54, 1.807) is 0 Å². The molecule has 5 nitrogen and oxygen atoms in total. The SMILES string of the molecule is Cl.O=C1CCCCN1CC1CCN(C(=O)[C@@]23CCCC[C@H]2CNC3)CC1. The standard InChI is InChI=1S/C20H33N3O2.ClH/c24-18-6-2-4-10-23(18)14-16-7-11-22(12-8-16)19(25)20-9-3-1-5-17(20)13-21-15-20;/h16-17,21H,1-15H2;1H/t17-,20+;/m0./s1.